The number of aryl methyl sites for hydroxylation is 1. The van der Waals surface area contributed by atoms with Crippen LogP contribution in [-0.4, -0.2) is 20.0 Å². The van der Waals surface area contributed by atoms with Crippen LogP contribution in [0.25, 0.3) is 22.5 Å². The smallest absolute Gasteiger partial charge is 0.117 e. The Morgan fingerprint density at radius 1 is 0.952 bits per heavy atom. The van der Waals surface area contributed by atoms with E-state index in [-0.39, 0.29) is 11.5 Å². The average molecular weight is 301 g/mol. The first-order valence-corrected chi connectivity index (χ1v) is 6.75. The molecule has 4 nitrogen and oxygen atoms in total. The van der Waals surface area contributed by atoms with Gasteiger partial charge in [-0.1, -0.05) is 11.6 Å². The molecule has 1 heterocycles. The molecule has 0 aliphatic rings. The molecule has 0 aliphatic carbocycles. The van der Waals surface area contributed by atoms with Crippen molar-refractivity contribution in [1.82, 2.24) is 9.78 Å². The topological polar surface area (TPSA) is 58.3 Å². The number of aromatic nitrogens is 2. The fourth-order valence-electron chi connectivity index (χ4n) is 2.20. The summed E-state index contributed by atoms with van der Waals surface area (Å²) in [5.74, 6) is 0.348. The lowest BCUT2D eigenvalue weighted by Gasteiger charge is -2.04. The van der Waals surface area contributed by atoms with Gasteiger partial charge in [0, 0.05) is 18.2 Å². The van der Waals surface area contributed by atoms with Crippen molar-refractivity contribution in [2.75, 3.05) is 0 Å². The molecule has 3 rings (SSSR count). The van der Waals surface area contributed by atoms with Crippen LogP contribution in [0.4, 0.5) is 0 Å². The summed E-state index contributed by atoms with van der Waals surface area (Å²) < 4.78 is 1.74. The highest BCUT2D eigenvalue weighted by Crippen LogP contribution is 2.33. The molecule has 2 aromatic carbocycles. The highest BCUT2D eigenvalue weighted by Gasteiger charge is 2.12. The Morgan fingerprint density at radius 3 is 2.29 bits per heavy atom. The van der Waals surface area contributed by atoms with E-state index in [4.69, 9.17) is 11.6 Å². The van der Waals surface area contributed by atoms with Gasteiger partial charge < -0.3 is 10.2 Å². The molecule has 0 saturated heterocycles. The molecular weight excluding hydrogens is 288 g/mol. The van der Waals surface area contributed by atoms with Gasteiger partial charge >= 0.3 is 0 Å². The van der Waals surface area contributed by atoms with Crippen LogP contribution in [0.1, 0.15) is 0 Å². The van der Waals surface area contributed by atoms with Crippen molar-refractivity contribution in [3.8, 4) is 34.0 Å². The Kier molecular flexibility index (Phi) is 3.31. The summed E-state index contributed by atoms with van der Waals surface area (Å²) in [6.45, 7) is 0. The number of hydrogen-bond acceptors (Lipinski definition) is 3. The van der Waals surface area contributed by atoms with Crippen LogP contribution < -0.4 is 0 Å². The Labute approximate surface area is 126 Å². The SMILES string of the molecule is Cn1nc(-c2ccc(O)cc2)cc1-c1ccc(O)cc1Cl. The van der Waals surface area contributed by atoms with Gasteiger partial charge in [0.15, 0.2) is 0 Å². The van der Waals surface area contributed by atoms with E-state index in [2.05, 4.69) is 5.10 Å². The lowest BCUT2D eigenvalue weighted by molar-refractivity contribution is 0.475. The van der Waals surface area contributed by atoms with E-state index in [1.807, 2.05) is 13.1 Å². The lowest BCUT2D eigenvalue weighted by Crippen LogP contribution is -1.94. The maximum absolute atomic E-state index is 9.43. The van der Waals surface area contributed by atoms with Gasteiger partial charge in [-0.25, -0.2) is 0 Å². The van der Waals surface area contributed by atoms with Gasteiger partial charge in [-0.15, -0.1) is 0 Å². The van der Waals surface area contributed by atoms with E-state index in [0.717, 1.165) is 22.5 Å². The molecule has 0 fully saturated rings. The van der Waals surface area contributed by atoms with Gasteiger partial charge in [0.05, 0.1) is 16.4 Å². The Hall–Kier alpha value is -2.46. The highest BCUT2D eigenvalue weighted by atomic mass is 35.5. The zero-order valence-corrected chi connectivity index (χ0v) is 12.0. The summed E-state index contributed by atoms with van der Waals surface area (Å²) in [5.41, 5.74) is 3.35. The lowest BCUT2D eigenvalue weighted by atomic mass is 10.1. The molecule has 0 bridgehead atoms. The van der Waals surface area contributed by atoms with E-state index in [9.17, 15) is 10.2 Å². The fraction of sp³-hybridized carbons (Fsp3) is 0.0625. The molecule has 3 aromatic rings. The Bertz CT molecular complexity index is 795. The maximum atomic E-state index is 9.43. The van der Waals surface area contributed by atoms with Crippen LogP contribution in [0.3, 0.4) is 0 Å². The van der Waals surface area contributed by atoms with Crippen molar-refractivity contribution >= 4 is 11.6 Å². The van der Waals surface area contributed by atoms with Gasteiger partial charge in [0.2, 0.25) is 0 Å². The molecule has 0 radical (unpaired) electrons. The predicted octanol–water partition coefficient (Wildman–Crippen LogP) is 3.82. The van der Waals surface area contributed by atoms with E-state index in [1.54, 1.807) is 41.1 Å². The summed E-state index contributed by atoms with van der Waals surface area (Å²) in [7, 11) is 1.84. The minimum atomic E-state index is 0.129. The average Bonchev–Trinajstić information content (AvgIpc) is 2.81. The fourth-order valence-corrected chi connectivity index (χ4v) is 2.48. The van der Waals surface area contributed by atoms with Crippen molar-refractivity contribution in [3.05, 3.63) is 53.6 Å². The minimum absolute atomic E-state index is 0.129. The molecule has 0 atom stereocenters. The molecule has 0 saturated carbocycles. The van der Waals surface area contributed by atoms with Crippen LogP contribution in [0, 0.1) is 0 Å². The molecule has 0 spiro atoms. The molecule has 106 valence electrons. The van der Waals surface area contributed by atoms with Gasteiger partial charge in [-0.3, -0.25) is 4.68 Å². The second kappa shape index (κ2) is 5.14. The second-order valence-electron chi connectivity index (χ2n) is 4.75. The maximum Gasteiger partial charge on any atom is 0.117 e. The third-order valence-electron chi connectivity index (χ3n) is 3.27. The Morgan fingerprint density at radius 2 is 1.62 bits per heavy atom. The molecule has 0 aliphatic heterocycles. The molecule has 2 N–H and O–H groups in total. The third kappa shape index (κ3) is 2.58. The summed E-state index contributed by atoms with van der Waals surface area (Å²) >= 11 is 6.18. The van der Waals surface area contributed by atoms with E-state index in [0.29, 0.717) is 5.02 Å². The quantitative estimate of drug-likeness (QED) is 0.756. The first-order valence-electron chi connectivity index (χ1n) is 6.37. The van der Waals surface area contributed by atoms with Crippen molar-refractivity contribution in [2.45, 2.75) is 0 Å². The molecule has 21 heavy (non-hydrogen) atoms. The monoisotopic (exact) mass is 300 g/mol. The second-order valence-corrected chi connectivity index (χ2v) is 5.16. The van der Waals surface area contributed by atoms with E-state index in [1.165, 1.54) is 6.07 Å². The van der Waals surface area contributed by atoms with Crippen LogP contribution in [0.5, 0.6) is 11.5 Å². The summed E-state index contributed by atoms with van der Waals surface area (Å²) in [6, 6.07) is 13.6. The first kappa shape index (κ1) is 13.5. The molecule has 0 amide bonds. The zero-order chi connectivity index (χ0) is 15.0. The van der Waals surface area contributed by atoms with E-state index < -0.39 is 0 Å². The van der Waals surface area contributed by atoms with Crippen molar-refractivity contribution in [3.63, 3.8) is 0 Å². The number of hydrogen-bond donors (Lipinski definition) is 2. The van der Waals surface area contributed by atoms with Gasteiger partial charge in [0.25, 0.3) is 0 Å². The third-order valence-corrected chi connectivity index (χ3v) is 3.58. The summed E-state index contributed by atoms with van der Waals surface area (Å²) in [6.07, 6.45) is 0. The van der Waals surface area contributed by atoms with Crippen LogP contribution in [-0.2, 0) is 7.05 Å². The number of aromatic hydroxyl groups is 2. The summed E-state index contributed by atoms with van der Waals surface area (Å²) in [5, 5.41) is 23.7. The van der Waals surface area contributed by atoms with Crippen molar-refractivity contribution in [2.24, 2.45) is 7.05 Å². The molecule has 5 heteroatoms. The number of rotatable bonds is 2. The first-order chi connectivity index (χ1) is 10.0. The van der Waals surface area contributed by atoms with Crippen LogP contribution >= 0.6 is 11.6 Å². The van der Waals surface area contributed by atoms with Gasteiger partial charge in [-0.2, -0.15) is 5.10 Å². The molecular formula is C16H13ClN2O2. The number of phenolic OH excluding ortho intramolecular Hbond substituents is 2. The van der Waals surface area contributed by atoms with E-state index >= 15 is 0 Å². The highest BCUT2D eigenvalue weighted by molar-refractivity contribution is 6.33. The Balaban J connectivity index is 2.07. The number of nitrogens with zero attached hydrogens (tertiary/aromatic N) is 2. The standard InChI is InChI=1S/C16H13ClN2O2/c1-19-16(13-7-6-12(21)8-14(13)17)9-15(18-19)10-2-4-11(20)5-3-10/h2-9,20-21H,1H3. The normalized spacial score (nSPS) is 10.8. The van der Waals surface area contributed by atoms with Gasteiger partial charge in [0.1, 0.15) is 11.5 Å². The molecule has 0 unspecified atom stereocenters. The van der Waals surface area contributed by atoms with Crippen LogP contribution in [0.15, 0.2) is 48.5 Å². The minimum Gasteiger partial charge on any atom is -0.508 e. The van der Waals surface area contributed by atoms with Crippen LogP contribution in [0.2, 0.25) is 5.02 Å². The number of phenols is 2. The van der Waals surface area contributed by atoms with Crippen molar-refractivity contribution in [1.29, 1.82) is 0 Å². The number of benzene rings is 2. The largest absolute Gasteiger partial charge is 0.508 e. The summed E-state index contributed by atoms with van der Waals surface area (Å²) in [4.78, 5) is 0. The number of halogens is 1. The molecule has 1 aromatic heterocycles. The zero-order valence-electron chi connectivity index (χ0n) is 11.3. The predicted molar refractivity (Wildman–Crippen MR) is 82.4 cm³/mol. The van der Waals surface area contributed by atoms with Crippen molar-refractivity contribution < 1.29 is 10.2 Å². The van der Waals surface area contributed by atoms with Gasteiger partial charge in [-0.05, 0) is 48.5 Å².